The zero-order valence-electron chi connectivity index (χ0n) is 8.42. The number of carboxylic acids is 1. The molecule has 2 aromatic rings. The summed E-state index contributed by atoms with van der Waals surface area (Å²) in [5, 5.41) is 8.56. The maximum atomic E-state index is 12.2. The van der Waals surface area contributed by atoms with Crippen LogP contribution in [0.4, 0.5) is 13.2 Å². The molecule has 1 aromatic heterocycles. The molecule has 0 aliphatic heterocycles. The molecule has 1 N–H and O–H groups in total. The van der Waals surface area contributed by atoms with E-state index in [0.29, 0.717) is 4.70 Å². The number of hydrogen-bond donors (Lipinski definition) is 1. The van der Waals surface area contributed by atoms with Crippen molar-refractivity contribution in [1.29, 1.82) is 0 Å². The van der Waals surface area contributed by atoms with Gasteiger partial charge in [0.1, 0.15) is 10.6 Å². The second-order valence-corrected chi connectivity index (χ2v) is 4.66. The molecule has 0 saturated heterocycles. The minimum Gasteiger partial charge on any atom is -0.477 e. The van der Waals surface area contributed by atoms with E-state index in [1.165, 1.54) is 12.1 Å². The fraction of sp³-hybridized carbons (Fsp3) is 0.100. The van der Waals surface area contributed by atoms with Crippen LogP contribution >= 0.6 is 22.9 Å². The average Bonchev–Trinajstić information content (AvgIpc) is 2.55. The number of ether oxygens (including phenoxy) is 1. The molecule has 8 heteroatoms. The lowest BCUT2D eigenvalue weighted by Crippen LogP contribution is -2.17. The number of thiophene rings is 1. The Morgan fingerprint density at radius 2 is 2.06 bits per heavy atom. The predicted molar refractivity (Wildman–Crippen MR) is 60.5 cm³/mol. The molecule has 0 aliphatic rings. The zero-order chi connectivity index (χ0) is 13.5. The zero-order valence-corrected chi connectivity index (χ0v) is 9.99. The quantitative estimate of drug-likeness (QED) is 0.905. The van der Waals surface area contributed by atoms with Crippen LogP contribution < -0.4 is 4.74 Å². The lowest BCUT2D eigenvalue weighted by molar-refractivity contribution is -0.274. The highest BCUT2D eigenvalue weighted by Gasteiger charge is 2.33. The highest BCUT2D eigenvalue weighted by Crippen LogP contribution is 2.42. The smallest absolute Gasteiger partial charge is 0.477 e. The van der Waals surface area contributed by atoms with Crippen molar-refractivity contribution in [2.75, 3.05) is 0 Å². The third-order valence-electron chi connectivity index (χ3n) is 2.04. The van der Waals surface area contributed by atoms with Gasteiger partial charge >= 0.3 is 12.3 Å². The Morgan fingerprint density at radius 1 is 1.39 bits per heavy atom. The number of fused-ring (bicyclic) bond motifs is 1. The molecule has 0 bridgehead atoms. The predicted octanol–water partition coefficient (Wildman–Crippen LogP) is 4.15. The van der Waals surface area contributed by atoms with E-state index in [4.69, 9.17) is 16.7 Å². The monoisotopic (exact) mass is 296 g/mol. The molecule has 2 rings (SSSR count). The SMILES string of the molecule is O=C(O)c1sc2cccc(OC(F)(F)F)c2c1Cl. The number of benzene rings is 1. The van der Waals surface area contributed by atoms with E-state index >= 15 is 0 Å². The number of halogens is 4. The van der Waals surface area contributed by atoms with Crippen molar-refractivity contribution in [1.82, 2.24) is 0 Å². The standard InChI is InChI=1S/C10H4ClF3O3S/c11-7-6-4(17-10(12,13)14)2-1-3-5(6)18-8(7)9(15)16/h1-3H,(H,15,16). The van der Waals surface area contributed by atoms with E-state index in [1.54, 1.807) is 0 Å². The fourth-order valence-electron chi connectivity index (χ4n) is 1.43. The van der Waals surface area contributed by atoms with Crippen molar-refractivity contribution < 1.29 is 27.8 Å². The first-order chi connectivity index (χ1) is 8.29. The van der Waals surface area contributed by atoms with Crippen molar-refractivity contribution in [3.05, 3.63) is 28.1 Å². The number of alkyl halides is 3. The largest absolute Gasteiger partial charge is 0.573 e. The molecule has 0 atom stereocenters. The molecule has 0 saturated carbocycles. The first-order valence-electron chi connectivity index (χ1n) is 4.49. The molecule has 0 spiro atoms. The minimum absolute atomic E-state index is 0.0427. The Morgan fingerprint density at radius 3 is 2.61 bits per heavy atom. The first kappa shape index (κ1) is 13.0. The molecule has 0 radical (unpaired) electrons. The summed E-state index contributed by atoms with van der Waals surface area (Å²) >= 11 is 6.56. The highest BCUT2D eigenvalue weighted by atomic mass is 35.5. The molecule has 1 aromatic carbocycles. The number of rotatable bonds is 2. The Kier molecular flexibility index (Phi) is 3.12. The molecule has 96 valence electrons. The average molecular weight is 297 g/mol. The van der Waals surface area contributed by atoms with Crippen LogP contribution in [-0.4, -0.2) is 17.4 Å². The van der Waals surface area contributed by atoms with Crippen LogP contribution in [0.15, 0.2) is 18.2 Å². The van der Waals surface area contributed by atoms with E-state index in [2.05, 4.69) is 4.74 Å². The van der Waals surface area contributed by atoms with Gasteiger partial charge in [0, 0.05) is 4.70 Å². The highest BCUT2D eigenvalue weighted by molar-refractivity contribution is 7.21. The van der Waals surface area contributed by atoms with Crippen molar-refractivity contribution >= 4 is 39.0 Å². The Balaban J connectivity index is 2.65. The Hall–Kier alpha value is -1.47. The number of hydrogen-bond acceptors (Lipinski definition) is 3. The molecular formula is C10H4ClF3O3S. The van der Waals surface area contributed by atoms with Gasteiger partial charge < -0.3 is 9.84 Å². The lowest BCUT2D eigenvalue weighted by atomic mass is 10.2. The summed E-state index contributed by atoms with van der Waals surface area (Å²) in [7, 11) is 0. The van der Waals surface area contributed by atoms with Crippen molar-refractivity contribution in [2.45, 2.75) is 6.36 Å². The van der Waals surface area contributed by atoms with Gasteiger partial charge in [0.05, 0.1) is 10.4 Å². The van der Waals surface area contributed by atoms with Crippen LogP contribution in [0, 0.1) is 0 Å². The van der Waals surface area contributed by atoms with E-state index < -0.39 is 18.1 Å². The van der Waals surface area contributed by atoms with E-state index in [9.17, 15) is 18.0 Å². The molecule has 3 nitrogen and oxygen atoms in total. The Bertz CT molecular complexity index is 621. The van der Waals surface area contributed by atoms with Crippen LogP contribution in [0.1, 0.15) is 9.67 Å². The maximum absolute atomic E-state index is 12.2. The number of carboxylic acid groups (broad SMARTS) is 1. The molecular weight excluding hydrogens is 293 g/mol. The van der Waals surface area contributed by atoms with Gasteiger partial charge in [-0.05, 0) is 12.1 Å². The molecule has 0 amide bonds. The van der Waals surface area contributed by atoms with Crippen LogP contribution in [0.25, 0.3) is 10.1 Å². The number of aromatic carboxylic acids is 1. The van der Waals surface area contributed by atoms with Crippen LogP contribution in [-0.2, 0) is 0 Å². The van der Waals surface area contributed by atoms with Crippen LogP contribution in [0.5, 0.6) is 5.75 Å². The molecule has 18 heavy (non-hydrogen) atoms. The Labute approximate surface area is 107 Å². The second-order valence-electron chi connectivity index (χ2n) is 3.23. The molecule has 0 aliphatic carbocycles. The summed E-state index contributed by atoms with van der Waals surface area (Å²) in [4.78, 5) is 10.6. The summed E-state index contributed by atoms with van der Waals surface area (Å²) < 4.78 is 40.7. The van der Waals surface area contributed by atoms with Gasteiger partial charge in [0.2, 0.25) is 0 Å². The van der Waals surface area contributed by atoms with E-state index in [0.717, 1.165) is 17.4 Å². The van der Waals surface area contributed by atoms with Gasteiger partial charge in [-0.25, -0.2) is 4.79 Å². The van der Waals surface area contributed by atoms with Gasteiger partial charge in [-0.3, -0.25) is 0 Å². The summed E-state index contributed by atoms with van der Waals surface area (Å²) in [5.74, 6) is -1.80. The normalized spacial score (nSPS) is 11.8. The first-order valence-corrected chi connectivity index (χ1v) is 5.69. The minimum atomic E-state index is -4.86. The topological polar surface area (TPSA) is 46.5 Å². The summed E-state index contributed by atoms with van der Waals surface area (Å²) in [6.07, 6.45) is -4.86. The van der Waals surface area contributed by atoms with Crippen molar-refractivity contribution in [3.63, 3.8) is 0 Å². The van der Waals surface area contributed by atoms with Crippen molar-refractivity contribution in [3.8, 4) is 5.75 Å². The summed E-state index contributed by atoms with van der Waals surface area (Å²) in [6, 6.07) is 3.89. The summed E-state index contributed by atoms with van der Waals surface area (Å²) in [5.41, 5.74) is 0. The third kappa shape index (κ3) is 2.37. The van der Waals surface area contributed by atoms with Gasteiger partial charge in [0.25, 0.3) is 0 Å². The second kappa shape index (κ2) is 4.33. The van der Waals surface area contributed by atoms with Crippen molar-refractivity contribution in [2.24, 2.45) is 0 Å². The summed E-state index contributed by atoms with van der Waals surface area (Å²) in [6.45, 7) is 0. The fourth-order valence-corrected chi connectivity index (χ4v) is 2.83. The van der Waals surface area contributed by atoms with Crippen LogP contribution in [0.3, 0.4) is 0 Å². The van der Waals surface area contributed by atoms with E-state index in [-0.39, 0.29) is 15.3 Å². The maximum Gasteiger partial charge on any atom is 0.573 e. The third-order valence-corrected chi connectivity index (χ3v) is 3.67. The van der Waals surface area contributed by atoms with Gasteiger partial charge in [-0.1, -0.05) is 17.7 Å². The molecule has 1 heterocycles. The molecule has 0 fully saturated rings. The number of carbonyl (C=O) groups is 1. The molecule has 0 unspecified atom stereocenters. The van der Waals surface area contributed by atoms with Crippen LogP contribution in [0.2, 0.25) is 5.02 Å². The van der Waals surface area contributed by atoms with E-state index in [1.807, 2.05) is 0 Å². The van der Waals surface area contributed by atoms with Gasteiger partial charge in [-0.15, -0.1) is 24.5 Å². The lowest BCUT2D eigenvalue weighted by Gasteiger charge is -2.09. The van der Waals surface area contributed by atoms with Gasteiger partial charge in [-0.2, -0.15) is 0 Å². The van der Waals surface area contributed by atoms with Gasteiger partial charge in [0.15, 0.2) is 0 Å².